The molecule has 0 heterocycles. The molecule has 0 aromatic heterocycles. The van der Waals surface area contributed by atoms with E-state index in [0.29, 0.717) is 26.1 Å². The Hall–Kier alpha value is -1.30. The molecule has 0 fully saturated rings. The summed E-state index contributed by atoms with van der Waals surface area (Å²) in [7, 11) is 0. The molecule has 0 amide bonds. The highest BCUT2D eigenvalue weighted by molar-refractivity contribution is 5.49. The molecule has 0 aromatic carbocycles. The number of allylic oxidation sites excluding steroid dienone is 2. The van der Waals surface area contributed by atoms with E-state index in [1.54, 1.807) is 0 Å². The van der Waals surface area contributed by atoms with Crippen LogP contribution in [0.3, 0.4) is 0 Å². The van der Waals surface area contributed by atoms with Crippen molar-refractivity contribution >= 4 is 12.6 Å². The molecule has 228 valence electrons. The molecule has 0 radical (unpaired) electrons. The summed E-state index contributed by atoms with van der Waals surface area (Å²) in [6.45, 7) is 5.82. The van der Waals surface area contributed by atoms with Crippen LogP contribution in [-0.4, -0.2) is 38.4 Å². The minimum atomic E-state index is -0.478. The van der Waals surface area contributed by atoms with Crippen LogP contribution in [-0.2, 0) is 23.8 Å². The van der Waals surface area contributed by atoms with Crippen LogP contribution in [0.5, 0.6) is 0 Å². The average molecular weight is 551 g/mol. The van der Waals surface area contributed by atoms with Crippen molar-refractivity contribution in [2.24, 2.45) is 0 Å². The lowest BCUT2D eigenvalue weighted by molar-refractivity contribution is -0.208. The summed E-state index contributed by atoms with van der Waals surface area (Å²) < 4.78 is 18.5. The Morgan fingerprint density at radius 1 is 0.462 bits per heavy atom. The first kappa shape index (κ1) is 37.7. The molecule has 0 N–H and O–H groups in total. The summed E-state index contributed by atoms with van der Waals surface area (Å²) in [4.78, 5) is 21.2. The predicted molar refractivity (Wildman–Crippen MR) is 164 cm³/mol. The van der Waals surface area contributed by atoms with Crippen LogP contribution < -0.4 is 0 Å². The summed E-state index contributed by atoms with van der Waals surface area (Å²) in [5.74, 6) is 0. The van der Waals surface area contributed by atoms with Crippen molar-refractivity contribution in [3.63, 3.8) is 0 Å². The Kier molecular flexibility index (Phi) is 31.8. The normalized spacial score (nSPS) is 13.4. The highest BCUT2D eigenvalue weighted by Crippen LogP contribution is 2.13. The molecule has 0 rings (SSSR count). The van der Waals surface area contributed by atoms with Crippen LogP contribution in [0.15, 0.2) is 24.3 Å². The van der Waals surface area contributed by atoms with Crippen LogP contribution in [0.1, 0.15) is 155 Å². The van der Waals surface area contributed by atoms with E-state index in [9.17, 15) is 9.59 Å². The summed E-state index contributed by atoms with van der Waals surface area (Å²) >= 11 is 0. The van der Waals surface area contributed by atoms with Crippen molar-refractivity contribution in [3.05, 3.63) is 24.3 Å². The second-order valence-electron chi connectivity index (χ2n) is 10.6. The van der Waals surface area contributed by atoms with Crippen molar-refractivity contribution in [1.82, 2.24) is 0 Å². The molecule has 0 saturated heterocycles. The molecular weight excluding hydrogens is 488 g/mol. The number of carbonyl (C=O) groups is 2. The molecule has 39 heavy (non-hydrogen) atoms. The van der Waals surface area contributed by atoms with E-state index in [4.69, 9.17) is 14.2 Å². The van der Waals surface area contributed by atoms with E-state index in [2.05, 4.69) is 13.8 Å². The lowest BCUT2D eigenvalue weighted by Gasteiger charge is -2.22. The first-order valence-corrected chi connectivity index (χ1v) is 16.4. The zero-order valence-corrected chi connectivity index (χ0v) is 25.6. The molecule has 0 bridgehead atoms. The van der Waals surface area contributed by atoms with Crippen molar-refractivity contribution in [2.75, 3.05) is 13.2 Å². The van der Waals surface area contributed by atoms with Crippen molar-refractivity contribution in [1.29, 1.82) is 0 Å². The Morgan fingerprint density at radius 2 is 0.821 bits per heavy atom. The monoisotopic (exact) mass is 550 g/mol. The van der Waals surface area contributed by atoms with Gasteiger partial charge in [0.15, 0.2) is 12.6 Å². The average Bonchev–Trinajstić information content (AvgIpc) is 2.94. The largest absolute Gasteiger partial charge is 0.349 e. The van der Waals surface area contributed by atoms with Gasteiger partial charge >= 0.3 is 0 Å². The first-order valence-electron chi connectivity index (χ1n) is 16.4. The van der Waals surface area contributed by atoms with E-state index in [1.165, 1.54) is 89.9 Å². The van der Waals surface area contributed by atoms with Crippen LogP contribution in [0, 0.1) is 0 Å². The van der Waals surface area contributed by atoms with Gasteiger partial charge in [-0.15, -0.1) is 0 Å². The fourth-order valence-electron chi connectivity index (χ4n) is 4.34. The Labute approximate surface area is 241 Å². The number of hydrogen-bond acceptors (Lipinski definition) is 5. The molecule has 0 saturated carbocycles. The van der Waals surface area contributed by atoms with Crippen LogP contribution in [0.25, 0.3) is 0 Å². The molecule has 0 aromatic rings. The van der Waals surface area contributed by atoms with Gasteiger partial charge in [0.2, 0.25) is 0 Å². The Bertz CT molecular complexity index is 512. The predicted octanol–water partition coefficient (Wildman–Crippen LogP) is 9.82. The van der Waals surface area contributed by atoms with Crippen molar-refractivity contribution < 1.29 is 23.8 Å². The zero-order chi connectivity index (χ0) is 28.5. The minimum Gasteiger partial charge on any atom is -0.349 e. The summed E-state index contributed by atoms with van der Waals surface area (Å²) in [5.41, 5.74) is 0. The van der Waals surface area contributed by atoms with Gasteiger partial charge in [-0.05, 0) is 50.7 Å². The lowest BCUT2D eigenvalue weighted by atomic mass is 10.1. The summed E-state index contributed by atoms with van der Waals surface area (Å²) in [6.07, 6.45) is 33.6. The quantitative estimate of drug-likeness (QED) is 0.0361. The van der Waals surface area contributed by atoms with E-state index in [0.717, 1.165) is 51.1 Å². The minimum absolute atomic E-state index is 0.478. The van der Waals surface area contributed by atoms with Gasteiger partial charge in [0.25, 0.3) is 0 Å². The molecule has 2 unspecified atom stereocenters. The Morgan fingerprint density at radius 3 is 1.18 bits per heavy atom. The van der Waals surface area contributed by atoms with Gasteiger partial charge in [0, 0.05) is 12.8 Å². The van der Waals surface area contributed by atoms with E-state index in [-0.39, 0.29) is 0 Å². The van der Waals surface area contributed by atoms with Crippen LogP contribution >= 0.6 is 0 Å². The SMILES string of the molecule is CCCCCCCCCCOC(C=CCCCC=O)OC(C=CCCCC=O)OCCCCCCCCCC. The number of carbonyl (C=O) groups excluding carboxylic acids is 2. The van der Waals surface area contributed by atoms with Gasteiger partial charge in [-0.1, -0.05) is 116 Å². The van der Waals surface area contributed by atoms with Crippen LogP contribution in [0.4, 0.5) is 0 Å². The Balaban J connectivity index is 4.68. The van der Waals surface area contributed by atoms with E-state index >= 15 is 0 Å². The third kappa shape index (κ3) is 29.5. The maximum atomic E-state index is 10.6. The van der Waals surface area contributed by atoms with Gasteiger partial charge in [-0.25, -0.2) is 0 Å². The highest BCUT2D eigenvalue weighted by Gasteiger charge is 2.13. The number of aldehydes is 2. The summed E-state index contributed by atoms with van der Waals surface area (Å²) in [6, 6.07) is 0. The standard InChI is InChI=1S/C34H62O5/c1-3-5-7-9-11-13-19-25-31-37-33(27-21-15-17-23-29-35)39-34(28-22-16-18-24-30-36)38-32-26-20-14-12-10-8-6-4-2/h21-22,27-30,33-34H,3-20,23-26,31-32H2,1-2H3. The first-order chi connectivity index (χ1) is 19.3. The van der Waals surface area contributed by atoms with Crippen molar-refractivity contribution in [2.45, 2.75) is 168 Å². The molecule has 0 aliphatic rings. The molecule has 5 heteroatoms. The third-order valence-electron chi connectivity index (χ3n) is 6.80. The van der Waals surface area contributed by atoms with Gasteiger partial charge in [-0.2, -0.15) is 0 Å². The number of ether oxygens (including phenoxy) is 3. The molecule has 5 nitrogen and oxygen atoms in total. The fourth-order valence-corrected chi connectivity index (χ4v) is 4.34. The van der Waals surface area contributed by atoms with Gasteiger partial charge in [0.1, 0.15) is 12.6 Å². The molecule has 0 aliphatic carbocycles. The number of hydrogen-bond donors (Lipinski definition) is 0. The van der Waals surface area contributed by atoms with Gasteiger partial charge < -0.3 is 23.8 Å². The van der Waals surface area contributed by atoms with Gasteiger partial charge in [-0.3, -0.25) is 0 Å². The molecular formula is C34H62O5. The molecule has 0 aliphatic heterocycles. The summed E-state index contributed by atoms with van der Waals surface area (Å²) in [5, 5.41) is 0. The fraction of sp³-hybridized carbons (Fsp3) is 0.824. The van der Waals surface area contributed by atoms with Crippen LogP contribution in [0.2, 0.25) is 0 Å². The smallest absolute Gasteiger partial charge is 0.180 e. The van der Waals surface area contributed by atoms with E-state index < -0.39 is 12.6 Å². The maximum absolute atomic E-state index is 10.6. The molecule has 0 spiro atoms. The maximum Gasteiger partial charge on any atom is 0.180 e. The lowest BCUT2D eigenvalue weighted by Crippen LogP contribution is -2.25. The second kappa shape index (κ2) is 32.9. The highest BCUT2D eigenvalue weighted by atomic mass is 16.8. The second-order valence-corrected chi connectivity index (χ2v) is 10.6. The number of rotatable bonds is 32. The van der Waals surface area contributed by atoms with Gasteiger partial charge in [0.05, 0.1) is 13.2 Å². The van der Waals surface area contributed by atoms with E-state index in [1.807, 2.05) is 24.3 Å². The third-order valence-corrected chi connectivity index (χ3v) is 6.80. The zero-order valence-electron chi connectivity index (χ0n) is 25.6. The molecule has 2 atom stereocenters. The number of unbranched alkanes of at least 4 members (excludes halogenated alkanes) is 18. The van der Waals surface area contributed by atoms with Crippen molar-refractivity contribution in [3.8, 4) is 0 Å². The topological polar surface area (TPSA) is 61.8 Å².